The number of hydrogen-bond donors (Lipinski definition) is 1. The summed E-state index contributed by atoms with van der Waals surface area (Å²) in [6.07, 6.45) is 3.02. The molecule has 1 unspecified atom stereocenters. The molecule has 0 aliphatic heterocycles. The lowest BCUT2D eigenvalue weighted by Gasteiger charge is -2.19. The maximum atomic E-state index is 14.5. The van der Waals surface area contributed by atoms with Crippen LogP contribution < -0.4 is 5.32 Å². The van der Waals surface area contributed by atoms with Crippen molar-refractivity contribution >= 4 is 40.2 Å². The van der Waals surface area contributed by atoms with Crippen LogP contribution in [0.1, 0.15) is 6.92 Å². The fraction of sp³-hybridized carbons (Fsp3) is 0.235. The van der Waals surface area contributed by atoms with E-state index in [4.69, 9.17) is 27.9 Å². The molecular formula is C17H15Cl2FN4O. The predicted molar refractivity (Wildman–Crippen MR) is 97.7 cm³/mol. The number of rotatable bonds is 5. The van der Waals surface area contributed by atoms with E-state index >= 15 is 0 Å². The molecule has 3 rings (SSSR count). The summed E-state index contributed by atoms with van der Waals surface area (Å²) in [5, 5.41) is 3.65. The molecule has 2 heterocycles. The monoisotopic (exact) mass is 380 g/mol. The van der Waals surface area contributed by atoms with Crippen molar-refractivity contribution in [2.75, 3.05) is 19.0 Å². The Kier molecular flexibility index (Phi) is 5.32. The molecule has 3 aromatic rings. The van der Waals surface area contributed by atoms with E-state index in [-0.39, 0.29) is 21.7 Å². The second-order valence-electron chi connectivity index (χ2n) is 5.48. The van der Waals surface area contributed by atoms with Crippen molar-refractivity contribution in [1.82, 2.24) is 15.0 Å². The van der Waals surface area contributed by atoms with Gasteiger partial charge >= 0.3 is 0 Å². The maximum absolute atomic E-state index is 14.5. The van der Waals surface area contributed by atoms with Gasteiger partial charge in [0.15, 0.2) is 5.65 Å². The lowest BCUT2D eigenvalue weighted by atomic mass is 10.0. The van der Waals surface area contributed by atoms with E-state index < -0.39 is 5.82 Å². The molecule has 0 bridgehead atoms. The van der Waals surface area contributed by atoms with Gasteiger partial charge in [0, 0.05) is 36.7 Å². The predicted octanol–water partition coefficient (Wildman–Crippen LogP) is 4.58. The number of ether oxygens (including phenoxy) is 1. The molecule has 130 valence electrons. The summed E-state index contributed by atoms with van der Waals surface area (Å²) in [5.41, 5.74) is 1.25. The van der Waals surface area contributed by atoms with E-state index in [9.17, 15) is 4.39 Å². The van der Waals surface area contributed by atoms with Gasteiger partial charge in [-0.3, -0.25) is 0 Å². The Morgan fingerprint density at radius 1 is 1.20 bits per heavy atom. The van der Waals surface area contributed by atoms with Gasteiger partial charge < -0.3 is 10.1 Å². The number of anilines is 1. The fourth-order valence-corrected chi connectivity index (χ4v) is 3.12. The van der Waals surface area contributed by atoms with Crippen molar-refractivity contribution in [3.8, 4) is 11.1 Å². The van der Waals surface area contributed by atoms with E-state index in [1.54, 1.807) is 13.2 Å². The molecule has 0 radical (unpaired) electrons. The van der Waals surface area contributed by atoms with Crippen molar-refractivity contribution in [3.05, 3.63) is 46.5 Å². The molecular weight excluding hydrogens is 366 g/mol. The average molecular weight is 381 g/mol. The summed E-state index contributed by atoms with van der Waals surface area (Å²) in [6, 6.07) is 4.36. The molecule has 2 aromatic heterocycles. The summed E-state index contributed by atoms with van der Waals surface area (Å²) in [7, 11) is 1.60. The lowest BCUT2D eigenvalue weighted by Crippen LogP contribution is -2.22. The van der Waals surface area contributed by atoms with Crippen LogP contribution in [0.5, 0.6) is 0 Å². The minimum atomic E-state index is -0.498. The standard InChI is InChI=1S/C17H15Cl2FN4O/c1-9(8-25-2)23-16-13(12-10(18)4-3-5-11(12)20)14(19)15-17(24-16)22-7-6-21-15/h3-7,9H,8H2,1-2H3,(H,22,23,24). The summed E-state index contributed by atoms with van der Waals surface area (Å²) in [5.74, 6) is -0.128. The van der Waals surface area contributed by atoms with Crippen LogP contribution >= 0.6 is 23.2 Å². The number of methoxy groups -OCH3 is 1. The molecule has 0 fully saturated rings. The van der Waals surface area contributed by atoms with Gasteiger partial charge in [0.1, 0.15) is 17.2 Å². The number of fused-ring (bicyclic) bond motifs is 1. The molecule has 0 saturated heterocycles. The topological polar surface area (TPSA) is 59.9 Å². The number of aromatic nitrogens is 3. The van der Waals surface area contributed by atoms with E-state index in [0.29, 0.717) is 29.2 Å². The maximum Gasteiger partial charge on any atom is 0.181 e. The van der Waals surface area contributed by atoms with Gasteiger partial charge in [-0.1, -0.05) is 29.3 Å². The second-order valence-corrected chi connectivity index (χ2v) is 6.26. The van der Waals surface area contributed by atoms with Crippen LogP contribution in [-0.2, 0) is 4.74 Å². The summed E-state index contributed by atoms with van der Waals surface area (Å²) in [6.45, 7) is 2.34. The molecule has 1 N–H and O–H groups in total. The average Bonchev–Trinajstić information content (AvgIpc) is 2.57. The van der Waals surface area contributed by atoms with Gasteiger partial charge in [0.25, 0.3) is 0 Å². The Bertz CT molecular complexity index is 902. The molecule has 0 saturated carbocycles. The smallest absolute Gasteiger partial charge is 0.181 e. The zero-order valence-corrected chi connectivity index (χ0v) is 15.1. The van der Waals surface area contributed by atoms with Crippen molar-refractivity contribution < 1.29 is 9.13 Å². The quantitative estimate of drug-likeness (QED) is 0.701. The highest BCUT2D eigenvalue weighted by atomic mass is 35.5. The second kappa shape index (κ2) is 7.47. The fourth-order valence-electron chi connectivity index (χ4n) is 2.55. The molecule has 0 aliphatic carbocycles. The highest BCUT2D eigenvalue weighted by molar-refractivity contribution is 6.40. The van der Waals surface area contributed by atoms with Crippen LogP contribution in [0.3, 0.4) is 0 Å². The largest absolute Gasteiger partial charge is 0.383 e. The molecule has 0 spiro atoms. The van der Waals surface area contributed by atoms with E-state index in [1.165, 1.54) is 24.5 Å². The van der Waals surface area contributed by atoms with Crippen molar-refractivity contribution in [1.29, 1.82) is 0 Å². The zero-order chi connectivity index (χ0) is 18.0. The first-order chi connectivity index (χ1) is 12.0. The van der Waals surface area contributed by atoms with Gasteiger partial charge in [-0.25, -0.2) is 19.3 Å². The molecule has 8 heteroatoms. The van der Waals surface area contributed by atoms with E-state index in [2.05, 4.69) is 20.3 Å². The Balaban J connectivity index is 2.29. The third-order valence-corrected chi connectivity index (χ3v) is 4.26. The number of nitrogens with zero attached hydrogens (tertiary/aromatic N) is 3. The number of benzene rings is 1. The van der Waals surface area contributed by atoms with Crippen LogP contribution in [0.4, 0.5) is 10.2 Å². The summed E-state index contributed by atoms with van der Waals surface area (Å²) >= 11 is 12.8. The van der Waals surface area contributed by atoms with Gasteiger partial charge in [0.2, 0.25) is 0 Å². The first-order valence-corrected chi connectivity index (χ1v) is 8.28. The summed E-state index contributed by atoms with van der Waals surface area (Å²) in [4.78, 5) is 12.9. The minimum absolute atomic E-state index is 0.0908. The van der Waals surface area contributed by atoms with E-state index in [0.717, 1.165) is 0 Å². The first kappa shape index (κ1) is 17.8. The molecule has 0 aliphatic rings. The third-order valence-electron chi connectivity index (χ3n) is 3.57. The van der Waals surface area contributed by atoms with Gasteiger partial charge in [-0.05, 0) is 19.1 Å². The molecule has 5 nitrogen and oxygen atoms in total. The first-order valence-electron chi connectivity index (χ1n) is 7.53. The molecule has 1 atom stereocenters. The third kappa shape index (κ3) is 3.51. The van der Waals surface area contributed by atoms with Crippen molar-refractivity contribution in [2.24, 2.45) is 0 Å². The van der Waals surface area contributed by atoms with Crippen molar-refractivity contribution in [2.45, 2.75) is 13.0 Å². The van der Waals surface area contributed by atoms with Gasteiger partial charge in [-0.2, -0.15) is 0 Å². The molecule has 0 amide bonds. The number of pyridine rings is 1. The van der Waals surface area contributed by atoms with Crippen molar-refractivity contribution in [3.63, 3.8) is 0 Å². The number of hydrogen-bond acceptors (Lipinski definition) is 5. The Labute approximate surface area is 154 Å². The molecule has 25 heavy (non-hydrogen) atoms. The summed E-state index contributed by atoms with van der Waals surface area (Å²) < 4.78 is 19.7. The normalized spacial score (nSPS) is 12.4. The van der Waals surface area contributed by atoms with Crippen LogP contribution in [0.15, 0.2) is 30.6 Å². The lowest BCUT2D eigenvalue weighted by molar-refractivity contribution is 0.190. The van der Waals surface area contributed by atoms with Crippen LogP contribution in [0, 0.1) is 5.82 Å². The number of halogens is 3. The van der Waals surface area contributed by atoms with E-state index in [1.807, 2.05) is 6.92 Å². The SMILES string of the molecule is COCC(C)Nc1nc2nccnc2c(Cl)c1-c1c(F)cccc1Cl. The van der Waals surface area contributed by atoms with Crippen LogP contribution in [-0.4, -0.2) is 34.7 Å². The Morgan fingerprint density at radius 3 is 2.68 bits per heavy atom. The molecule has 1 aromatic carbocycles. The highest BCUT2D eigenvalue weighted by Gasteiger charge is 2.22. The van der Waals surface area contributed by atoms with Gasteiger partial charge in [0.05, 0.1) is 16.7 Å². The zero-order valence-electron chi connectivity index (χ0n) is 13.6. The highest BCUT2D eigenvalue weighted by Crippen LogP contribution is 2.42. The van der Waals surface area contributed by atoms with Crippen LogP contribution in [0.2, 0.25) is 10.0 Å². The Hall–Kier alpha value is -2.02. The van der Waals surface area contributed by atoms with Crippen LogP contribution in [0.25, 0.3) is 22.3 Å². The number of nitrogens with one attached hydrogen (secondary N) is 1. The minimum Gasteiger partial charge on any atom is -0.383 e. The Morgan fingerprint density at radius 2 is 1.96 bits per heavy atom. The van der Waals surface area contributed by atoms with Gasteiger partial charge in [-0.15, -0.1) is 0 Å².